The van der Waals surface area contributed by atoms with Crippen LogP contribution in [0.4, 0.5) is 4.39 Å². The highest BCUT2D eigenvalue weighted by atomic mass is 35.5. The second-order valence-electron chi connectivity index (χ2n) is 5.75. The fraction of sp³-hybridized carbons (Fsp3) is 0.0500. The normalized spacial score (nSPS) is 10.4. The highest BCUT2D eigenvalue weighted by Gasteiger charge is 2.16. The second-order valence-corrected chi connectivity index (χ2v) is 6.19. The Kier molecular flexibility index (Phi) is 5.86. The van der Waals surface area contributed by atoms with Crippen molar-refractivity contribution in [1.82, 2.24) is 10.3 Å². The van der Waals surface area contributed by atoms with Gasteiger partial charge < -0.3 is 15.2 Å². The molecule has 0 radical (unpaired) electrons. The van der Waals surface area contributed by atoms with Crippen molar-refractivity contribution in [2.24, 2.45) is 0 Å². The van der Waals surface area contributed by atoms with E-state index in [-0.39, 0.29) is 34.3 Å². The molecule has 0 bridgehead atoms. The second kappa shape index (κ2) is 8.49. The molecule has 0 atom stereocenters. The number of nitrogens with one attached hydrogen (secondary N) is 1. The smallest absolute Gasteiger partial charge is 0.335 e. The zero-order valence-corrected chi connectivity index (χ0v) is 15.1. The third kappa shape index (κ3) is 4.83. The number of aromatic nitrogens is 1. The molecule has 0 spiro atoms. The van der Waals surface area contributed by atoms with Crippen LogP contribution in [0.15, 0.2) is 60.8 Å². The van der Waals surface area contributed by atoms with E-state index < -0.39 is 17.7 Å². The van der Waals surface area contributed by atoms with Gasteiger partial charge in [0, 0.05) is 18.8 Å². The number of benzene rings is 2. The fourth-order valence-electron chi connectivity index (χ4n) is 2.36. The van der Waals surface area contributed by atoms with Crippen LogP contribution in [0.5, 0.6) is 11.6 Å². The molecule has 6 nitrogen and oxygen atoms in total. The van der Waals surface area contributed by atoms with Crippen molar-refractivity contribution in [3.8, 4) is 11.6 Å². The fourth-order valence-corrected chi connectivity index (χ4v) is 2.51. The molecule has 0 aliphatic heterocycles. The monoisotopic (exact) mass is 400 g/mol. The van der Waals surface area contributed by atoms with Crippen LogP contribution in [0.3, 0.4) is 0 Å². The van der Waals surface area contributed by atoms with E-state index in [0.29, 0.717) is 5.56 Å². The molecule has 0 saturated carbocycles. The van der Waals surface area contributed by atoms with Gasteiger partial charge in [-0.1, -0.05) is 29.8 Å². The molecule has 2 N–H and O–H groups in total. The molecule has 0 aliphatic rings. The predicted octanol–water partition coefficient (Wildman–Crippen LogP) is 4.29. The van der Waals surface area contributed by atoms with Crippen molar-refractivity contribution in [2.75, 3.05) is 0 Å². The number of pyridine rings is 1. The predicted molar refractivity (Wildman–Crippen MR) is 100 cm³/mol. The third-order valence-electron chi connectivity index (χ3n) is 3.73. The highest BCUT2D eigenvalue weighted by molar-refractivity contribution is 6.30. The SMILES string of the molecule is O=C(O)c1ccc(CNC(=O)c2cc(Cl)cnc2Oc2cccc(F)c2)cc1. The maximum absolute atomic E-state index is 13.3. The van der Waals surface area contributed by atoms with Gasteiger partial charge >= 0.3 is 5.97 Å². The third-order valence-corrected chi connectivity index (χ3v) is 3.93. The van der Waals surface area contributed by atoms with E-state index in [4.69, 9.17) is 21.4 Å². The molecule has 28 heavy (non-hydrogen) atoms. The summed E-state index contributed by atoms with van der Waals surface area (Å²) in [5.74, 6) is -1.84. The first-order valence-corrected chi connectivity index (χ1v) is 8.49. The van der Waals surface area contributed by atoms with Crippen molar-refractivity contribution in [2.45, 2.75) is 6.54 Å². The molecule has 8 heteroatoms. The molecule has 1 heterocycles. The van der Waals surface area contributed by atoms with Crippen LogP contribution in [0, 0.1) is 5.82 Å². The number of carbonyl (C=O) groups is 2. The number of rotatable bonds is 6. The lowest BCUT2D eigenvalue weighted by molar-refractivity contribution is 0.0696. The van der Waals surface area contributed by atoms with Crippen LogP contribution in [-0.2, 0) is 6.54 Å². The van der Waals surface area contributed by atoms with E-state index >= 15 is 0 Å². The zero-order chi connectivity index (χ0) is 20.1. The van der Waals surface area contributed by atoms with E-state index in [1.165, 1.54) is 48.7 Å². The van der Waals surface area contributed by atoms with E-state index in [1.54, 1.807) is 12.1 Å². The molecular weight excluding hydrogens is 387 g/mol. The number of carboxylic acid groups (broad SMARTS) is 1. The van der Waals surface area contributed by atoms with Crippen LogP contribution in [-0.4, -0.2) is 22.0 Å². The standard InChI is InChI=1S/C20H14ClFN2O4/c21-14-8-17(19(24-11-14)28-16-3-1-2-15(22)9-16)18(25)23-10-12-4-6-13(7-5-12)20(26)27/h1-9,11H,10H2,(H,23,25)(H,26,27). The molecule has 0 unspecified atom stereocenters. The van der Waals surface area contributed by atoms with Crippen LogP contribution in [0.2, 0.25) is 5.02 Å². The van der Waals surface area contributed by atoms with Gasteiger partial charge in [-0.25, -0.2) is 14.2 Å². The Morgan fingerprint density at radius 2 is 1.89 bits per heavy atom. The molecule has 2 aromatic carbocycles. The van der Waals surface area contributed by atoms with Crippen LogP contribution in [0.25, 0.3) is 0 Å². The number of carboxylic acids is 1. The Morgan fingerprint density at radius 1 is 1.14 bits per heavy atom. The summed E-state index contributed by atoms with van der Waals surface area (Å²) >= 11 is 5.94. The van der Waals surface area contributed by atoms with Gasteiger partial charge in [0.1, 0.15) is 17.1 Å². The van der Waals surface area contributed by atoms with Gasteiger partial charge in [0.25, 0.3) is 5.91 Å². The summed E-state index contributed by atoms with van der Waals surface area (Å²) in [6.07, 6.45) is 1.32. The van der Waals surface area contributed by atoms with Crippen LogP contribution >= 0.6 is 11.6 Å². The van der Waals surface area contributed by atoms with Gasteiger partial charge in [-0.05, 0) is 35.9 Å². The van der Waals surface area contributed by atoms with E-state index in [0.717, 1.165) is 0 Å². The average Bonchev–Trinajstić information content (AvgIpc) is 2.68. The van der Waals surface area contributed by atoms with Crippen molar-refractivity contribution in [3.05, 3.63) is 88.3 Å². The molecular formula is C20H14ClFN2O4. The first-order valence-electron chi connectivity index (χ1n) is 8.12. The Balaban J connectivity index is 1.75. The summed E-state index contributed by atoms with van der Waals surface area (Å²) in [7, 11) is 0. The molecule has 0 aliphatic carbocycles. The molecule has 0 saturated heterocycles. The van der Waals surface area contributed by atoms with Gasteiger partial charge in [0.05, 0.1) is 10.6 Å². The van der Waals surface area contributed by atoms with Crippen molar-refractivity contribution in [1.29, 1.82) is 0 Å². The van der Waals surface area contributed by atoms with E-state index in [2.05, 4.69) is 10.3 Å². The summed E-state index contributed by atoms with van der Waals surface area (Å²) in [4.78, 5) is 27.5. The number of ether oxygens (including phenoxy) is 1. The highest BCUT2D eigenvalue weighted by Crippen LogP contribution is 2.26. The maximum atomic E-state index is 13.3. The molecule has 1 aromatic heterocycles. The average molecular weight is 401 g/mol. The summed E-state index contributed by atoms with van der Waals surface area (Å²) in [5, 5.41) is 11.8. The lowest BCUT2D eigenvalue weighted by atomic mass is 10.1. The first-order chi connectivity index (χ1) is 13.4. The lowest BCUT2D eigenvalue weighted by Gasteiger charge is -2.11. The maximum Gasteiger partial charge on any atom is 0.335 e. The Morgan fingerprint density at radius 3 is 2.57 bits per heavy atom. The van der Waals surface area contributed by atoms with Gasteiger partial charge in [0.15, 0.2) is 0 Å². The summed E-state index contributed by atoms with van der Waals surface area (Å²) in [6.45, 7) is 0.157. The summed E-state index contributed by atoms with van der Waals surface area (Å²) in [5.41, 5.74) is 0.944. The van der Waals surface area contributed by atoms with Gasteiger partial charge in [-0.2, -0.15) is 0 Å². The number of halogens is 2. The summed E-state index contributed by atoms with van der Waals surface area (Å²) in [6, 6.07) is 12.9. The van der Waals surface area contributed by atoms with E-state index in [1.807, 2.05) is 0 Å². The number of amides is 1. The zero-order valence-electron chi connectivity index (χ0n) is 14.4. The minimum absolute atomic E-state index is 0.0197. The summed E-state index contributed by atoms with van der Waals surface area (Å²) < 4.78 is 18.9. The molecule has 3 rings (SSSR count). The van der Waals surface area contributed by atoms with Gasteiger partial charge in [0.2, 0.25) is 5.88 Å². The van der Waals surface area contributed by atoms with Crippen molar-refractivity contribution < 1.29 is 23.8 Å². The lowest BCUT2D eigenvalue weighted by Crippen LogP contribution is -2.23. The number of hydrogen-bond donors (Lipinski definition) is 2. The van der Waals surface area contributed by atoms with E-state index in [9.17, 15) is 14.0 Å². The molecule has 1 amide bonds. The number of aromatic carboxylic acids is 1. The largest absolute Gasteiger partial charge is 0.478 e. The first kappa shape index (κ1) is 19.3. The van der Waals surface area contributed by atoms with Gasteiger partial charge in [-0.3, -0.25) is 4.79 Å². The minimum atomic E-state index is -1.03. The topological polar surface area (TPSA) is 88.5 Å². The Bertz CT molecular complexity index is 1020. The Hall–Kier alpha value is -3.45. The number of carbonyl (C=O) groups excluding carboxylic acids is 1. The molecule has 3 aromatic rings. The van der Waals surface area contributed by atoms with Crippen molar-refractivity contribution >= 4 is 23.5 Å². The minimum Gasteiger partial charge on any atom is -0.478 e. The molecule has 0 fully saturated rings. The van der Waals surface area contributed by atoms with Crippen LogP contribution in [0.1, 0.15) is 26.3 Å². The van der Waals surface area contributed by atoms with Crippen molar-refractivity contribution in [3.63, 3.8) is 0 Å². The molecule has 142 valence electrons. The number of nitrogens with zero attached hydrogens (tertiary/aromatic N) is 1. The number of hydrogen-bond acceptors (Lipinski definition) is 4. The van der Waals surface area contributed by atoms with Crippen LogP contribution < -0.4 is 10.1 Å². The van der Waals surface area contributed by atoms with Gasteiger partial charge in [-0.15, -0.1) is 0 Å². The quantitative estimate of drug-likeness (QED) is 0.644. The Labute approximate surface area is 164 Å².